The molecule has 24 heavy (non-hydrogen) atoms. The predicted molar refractivity (Wildman–Crippen MR) is 91.2 cm³/mol. The number of fused-ring (bicyclic) bond motifs is 1. The van der Waals surface area contributed by atoms with Crippen LogP contribution in [0.25, 0.3) is 0 Å². The highest BCUT2D eigenvalue weighted by Crippen LogP contribution is 2.33. The van der Waals surface area contributed by atoms with Gasteiger partial charge in [-0.25, -0.2) is 0 Å². The van der Waals surface area contributed by atoms with E-state index in [0.717, 1.165) is 6.42 Å². The molecular weight excluding hydrogens is 304 g/mol. The SMILES string of the molecule is COc1cccc(C(=O)NCC(=O)NC[C@H]2Cc3ccccc32)c1. The van der Waals surface area contributed by atoms with Crippen LogP contribution < -0.4 is 15.4 Å². The number of carbonyl (C=O) groups excluding carboxylic acids is 2. The Hall–Kier alpha value is -2.82. The topological polar surface area (TPSA) is 67.4 Å². The minimum absolute atomic E-state index is 0.0373. The fraction of sp³-hybridized carbons (Fsp3) is 0.263. The summed E-state index contributed by atoms with van der Waals surface area (Å²) in [5, 5.41) is 5.50. The molecule has 0 unspecified atom stereocenters. The maximum atomic E-state index is 12.0. The van der Waals surface area contributed by atoms with Gasteiger partial charge in [-0.3, -0.25) is 9.59 Å². The van der Waals surface area contributed by atoms with Gasteiger partial charge in [-0.2, -0.15) is 0 Å². The molecule has 3 rings (SSSR count). The Kier molecular flexibility index (Phi) is 4.79. The van der Waals surface area contributed by atoms with E-state index >= 15 is 0 Å². The molecule has 2 N–H and O–H groups in total. The summed E-state index contributed by atoms with van der Waals surface area (Å²) >= 11 is 0. The van der Waals surface area contributed by atoms with E-state index in [1.54, 1.807) is 31.4 Å². The lowest BCUT2D eigenvalue weighted by atomic mass is 9.77. The third kappa shape index (κ3) is 3.56. The van der Waals surface area contributed by atoms with E-state index in [-0.39, 0.29) is 18.4 Å². The van der Waals surface area contributed by atoms with Crippen molar-refractivity contribution >= 4 is 11.8 Å². The zero-order chi connectivity index (χ0) is 16.9. The molecule has 5 heteroatoms. The van der Waals surface area contributed by atoms with Crippen molar-refractivity contribution in [3.8, 4) is 5.75 Å². The van der Waals surface area contributed by atoms with Gasteiger partial charge in [0.2, 0.25) is 5.91 Å². The minimum Gasteiger partial charge on any atom is -0.497 e. The second-order valence-electron chi connectivity index (χ2n) is 5.82. The molecule has 0 bridgehead atoms. The van der Waals surface area contributed by atoms with Gasteiger partial charge in [0, 0.05) is 18.0 Å². The van der Waals surface area contributed by atoms with Gasteiger partial charge in [0.25, 0.3) is 5.91 Å². The summed E-state index contributed by atoms with van der Waals surface area (Å²) in [6.07, 6.45) is 0.993. The van der Waals surface area contributed by atoms with Gasteiger partial charge in [-0.1, -0.05) is 30.3 Å². The third-order valence-corrected chi connectivity index (χ3v) is 4.25. The van der Waals surface area contributed by atoms with Crippen LogP contribution in [0.5, 0.6) is 5.75 Å². The van der Waals surface area contributed by atoms with Crippen molar-refractivity contribution in [3.63, 3.8) is 0 Å². The Morgan fingerprint density at radius 1 is 1.12 bits per heavy atom. The van der Waals surface area contributed by atoms with Gasteiger partial charge in [-0.05, 0) is 35.7 Å². The Morgan fingerprint density at radius 2 is 1.96 bits per heavy atom. The van der Waals surface area contributed by atoms with Crippen LogP contribution in [0, 0.1) is 0 Å². The largest absolute Gasteiger partial charge is 0.497 e. The molecular formula is C19H20N2O3. The highest BCUT2D eigenvalue weighted by molar-refractivity contribution is 5.96. The van der Waals surface area contributed by atoms with Gasteiger partial charge < -0.3 is 15.4 Å². The number of ether oxygens (including phenoxy) is 1. The van der Waals surface area contributed by atoms with Crippen LogP contribution in [0.1, 0.15) is 27.4 Å². The lowest BCUT2D eigenvalue weighted by molar-refractivity contribution is -0.120. The fourth-order valence-electron chi connectivity index (χ4n) is 2.87. The van der Waals surface area contributed by atoms with Crippen molar-refractivity contribution in [2.24, 2.45) is 0 Å². The van der Waals surface area contributed by atoms with E-state index in [0.29, 0.717) is 23.8 Å². The molecule has 5 nitrogen and oxygen atoms in total. The molecule has 1 atom stereocenters. The normalized spacial score (nSPS) is 15.0. The molecule has 0 spiro atoms. The van der Waals surface area contributed by atoms with Gasteiger partial charge in [-0.15, -0.1) is 0 Å². The fourth-order valence-corrected chi connectivity index (χ4v) is 2.87. The van der Waals surface area contributed by atoms with Crippen molar-refractivity contribution < 1.29 is 14.3 Å². The summed E-state index contributed by atoms with van der Waals surface area (Å²) < 4.78 is 5.08. The summed E-state index contributed by atoms with van der Waals surface area (Å²) in [6, 6.07) is 15.1. The number of benzene rings is 2. The number of methoxy groups -OCH3 is 1. The lowest BCUT2D eigenvalue weighted by Gasteiger charge is -2.30. The second kappa shape index (κ2) is 7.17. The number of hydrogen-bond acceptors (Lipinski definition) is 3. The lowest BCUT2D eigenvalue weighted by Crippen LogP contribution is -2.40. The molecule has 0 fully saturated rings. The molecule has 1 aliphatic rings. The summed E-state index contributed by atoms with van der Waals surface area (Å²) in [7, 11) is 1.54. The van der Waals surface area contributed by atoms with Crippen LogP contribution in [0.2, 0.25) is 0 Å². The van der Waals surface area contributed by atoms with Crippen LogP contribution in [0.4, 0.5) is 0 Å². The van der Waals surface area contributed by atoms with E-state index < -0.39 is 0 Å². The monoisotopic (exact) mass is 324 g/mol. The zero-order valence-electron chi connectivity index (χ0n) is 13.5. The van der Waals surface area contributed by atoms with Crippen LogP contribution in [0.15, 0.2) is 48.5 Å². The summed E-state index contributed by atoms with van der Waals surface area (Å²) in [4.78, 5) is 23.9. The van der Waals surface area contributed by atoms with Crippen molar-refractivity contribution in [1.29, 1.82) is 0 Å². The van der Waals surface area contributed by atoms with Crippen molar-refractivity contribution in [2.45, 2.75) is 12.3 Å². The number of amides is 2. The molecule has 0 aromatic heterocycles. The molecule has 2 amide bonds. The summed E-state index contributed by atoms with van der Waals surface area (Å²) in [5.74, 6) is 0.503. The molecule has 2 aromatic rings. The van der Waals surface area contributed by atoms with Crippen LogP contribution >= 0.6 is 0 Å². The van der Waals surface area contributed by atoms with Crippen LogP contribution in [-0.2, 0) is 11.2 Å². The molecule has 0 aliphatic heterocycles. The van der Waals surface area contributed by atoms with Crippen molar-refractivity contribution in [3.05, 3.63) is 65.2 Å². The van der Waals surface area contributed by atoms with E-state index in [9.17, 15) is 9.59 Å². The highest BCUT2D eigenvalue weighted by atomic mass is 16.5. The first-order valence-electron chi connectivity index (χ1n) is 7.94. The van der Waals surface area contributed by atoms with Gasteiger partial charge in [0.15, 0.2) is 0 Å². The number of rotatable bonds is 6. The van der Waals surface area contributed by atoms with E-state index in [1.165, 1.54) is 11.1 Å². The maximum absolute atomic E-state index is 12.0. The molecule has 124 valence electrons. The first kappa shape index (κ1) is 16.1. The van der Waals surface area contributed by atoms with Crippen molar-refractivity contribution in [1.82, 2.24) is 10.6 Å². The third-order valence-electron chi connectivity index (χ3n) is 4.25. The number of carbonyl (C=O) groups is 2. The van der Waals surface area contributed by atoms with E-state index in [2.05, 4.69) is 22.8 Å². The predicted octanol–water partition coefficient (Wildman–Crippen LogP) is 1.88. The standard InChI is InChI=1S/C19H20N2O3/c1-24-16-7-4-6-14(10-16)19(23)21-12-18(22)20-11-15-9-13-5-2-3-8-17(13)15/h2-8,10,15H,9,11-12H2,1H3,(H,20,22)(H,21,23)/t15-/m1/s1. The molecule has 0 saturated carbocycles. The van der Waals surface area contributed by atoms with E-state index in [1.807, 2.05) is 12.1 Å². The number of nitrogens with one attached hydrogen (secondary N) is 2. The van der Waals surface area contributed by atoms with Gasteiger partial charge >= 0.3 is 0 Å². The average Bonchev–Trinajstić information content (AvgIpc) is 2.60. The molecule has 1 aliphatic carbocycles. The molecule has 2 aromatic carbocycles. The Morgan fingerprint density at radius 3 is 2.75 bits per heavy atom. The molecule has 0 radical (unpaired) electrons. The van der Waals surface area contributed by atoms with Crippen molar-refractivity contribution in [2.75, 3.05) is 20.2 Å². The van der Waals surface area contributed by atoms with E-state index in [4.69, 9.17) is 4.74 Å². The number of hydrogen-bond donors (Lipinski definition) is 2. The summed E-state index contributed by atoms with van der Waals surface area (Å²) in [6.45, 7) is 0.565. The maximum Gasteiger partial charge on any atom is 0.251 e. The van der Waals surface area contributed by atoms with Gasteiger partial charge in [0.1, 0.15) is 5.75 Å². The van der Waals surface area contributed by atoms with Gasteiger partial charge in [0.05, 0.1) is 13.7 Å². The molecule has 0 saturated heterocycles. The Labute approximate surface area is 141 Å². The smallest absolute Gasteiger partial charge is 0.251 e. The highest BCUT2D eigenvalue weighted by Gasteiger charge is 2.25. The molecule has 0 heterocycles. The Balaban J connectivity index is 1.43. The summed E-state index contributed by atoms with van der Waals surface area (Å²) in [5.41, 5.74) is 3.12. The van der Waals surface area contributed by atoms with Crippen LogP contribution in [0.3, 0.4) is 0 Å². The zero-order valence-corrected chi connectivity index (χ0v) is 13.5. The minimum atomic E-state index is -0.293. The average molecular weight is 324 g/mol. The first-order chi connectivity index (χ1) is 11.7. The second-order valence-corrected chi connectivity index (χ2v) is 5.82. The Bertz CT molecular complexity index is 758. The van der Waals surface area contributed by atoms with Crippen LogP contribution in [-0.4, -0.2) is 32.0 Å². The quantitative estimate of drug-likeness (QED) is 0.852. The first-order valence-corrected chi connectivity index (χ1v) is 7.94.